The van der Waals surface area contributed by atoms with Gasteiger partial charge in [0.25, 0.3) is 0 Å². The van der Waals surface area contributed by atoms with Crippen molar-refractivity contribution in [2.75, 3.05) is 27.3 Å². The van der Waals surface area contributed by atoms with E-state index in [1.165, 1.54) is 0 Å². The summed E-state index contributed by atoms with van der Waals surface area (Å²) in [7, 11) is 3.14. The molecule has 13 heteroatoms. The number of unbranched alkanes of at least 4 members (excludes halogenated alkanes) is 1. The number of benzene rings is 4. The van der Waals surface area contributed by atoms with Gasteiger partial charge in [-0.15, -0.1) is 0 Å². The van der Waals surface area contributed by atoms with Gasteiger partial charge in [0.15, 0.2) is 5.96 Å². The van der Waals surface area contributed by atoms with Gasteiger partial charge in [0.2, 0.25) is 17.7 Å². The van der Waals surface area contributed by atoms with E-state index < -0.39 is 41.4 Å². The fraction of sp³-hybridized carbons (Fsp3) is 0.333. The summed E-state index contributed by atoms with van der Waals surface area (Å²) in [5.41, 5.74) is 25.5. The summed E-state index contributed by atoms with van der Waals surface area (Å²) in [5, 5.41) is 13.2. The molecule has 0 aliphatic rings. The second-order valence-corrected chi connectivity index (χ2v) is 13.3. The topological polar surface area (TPSA) is 225 Å². The van der Waals surface area contributed by atoms with E-state index >= 15 is 9.59 Å². The Hall–Kier alpha value is -5.92. The number of hydrogen-bond donors (Lipinski definition) is 7. The van der Waals surface area contributed by atoms with Crippen molar-refractivity contribution in [1.29, 1.82) is 5.41 Å². The average Bonchev–Trinajstić information content (AvgIpc) is 3.20. The molecule has 0 radical (unpaired) electrons. The van der Waals surface area contributed by atoms with E-state index in [4.69, 9.17) is 37.8 Å². The van der Waals surface area contributed by atoms with E-state index in [9.17, 15) is 4.79 Å². The number of rotatable bonds is 21. The molecule has 4 aromatic carbocycles. The first-order chi connectivity index (χ1) is 26.6. The van der Waals surface area contributed by atoms with Crippen LogP contribution in [0.1, 0.15) is 54.4 Å². The zero-order chi connectivity index (χ0) is 39.8. The molecule has 0 unspecified atom stereocenters. The van der Waals surface area contributed by atoms with E-state index in [1.807, 2.05) is 84.9 Å². The molecule has 0 fully saturated rings. The number of nitrogens with zero attached hydrogens (tertiary/aromatic N) is 1. The fourth-order valence-corrected chi connectivity index (χ4v) is 6.86. The van der Waals surface area contributed by atoms with Gasteiger partial charge in [-0.1, -0.05) is 84.9 Å². The summed E-state index contributed by atoms with van der Waals surface area (Å²) >= 11 is 0. The van der Waals surface area contributed by atoms with E-state index in [0.717, 1.165) is 5.56 Å². The van der Waals surface area contributed by atoms with Crippen LogP contribution in [0.25, 0.3) is 0 Å². The first-order valence-electron chi connectivity index (χ1n) is 18.4. The number of primary amides is 1. The molecule has 55 heavy (non-hydrogen) atoms. The zero-order valence-electron chi connectivity index (χ0n) is 31.6. The van der Waals surface area contributed by atoms with Crippen LogP contribution in [-0.2, 0) is 26.3 Å². The molecule has 11 N–H and O–H groups in total. The fourth-order valence-electron chi connectivity index (χ4n) is 6.86. The monoisotopic (exact) mass is 750 g/mol. The van der Waals surface area contributed by atoms with Crippen LogP contribution in [0.3, 0.4) is 0 Å². The summed E-state index contributed by atoms with van der Waals surface area (Å²) in [4.78, 5) is 45.0. The zero-order valence-corrected chi connectivity index (χ0v) is 31.6. The summed E-state index contributed by atoms with van der Waals surface area (Å²) in [6.07, 6.45) is 2.00. The maximum Gasteiger partial charge on any atom is 0.243 e. The highest BCUT2D eigenvalue weighted by atomic mass is 16.5. The number of guanidine groups is 1. The Morgan fingerprint density at radius 2 is 1.27 bits per heavy atom. The lowest BCUT2D eigenvalue weighted by Gasteiger charge is -2.49. The Morgan fingerprint density at radius 3 is 1.76 bits per heavy atom. The van der Waals surface area contributed by atoms with Gasteiger partial charge in [0.1, 0.15) is 29.1 Å². The van der Waals surface area contributed by atoms with Gasteiger partial charge in [0, 0.05) is 13.0 Å². The molecule has 0 aromatic heterocycles. The predicted molar refractivity (Wildman–Crippen MR) is 214 cm³/mol. The van der Waals surface area contributed by atoms with E-state index in [2.05, 4.69) is 10.6 Å². The smallest absolute Gasteiger partial charge is 0.243 e. The molecule has 0 saturated heterocycles. The van der Waals surface area contributed by atoms with Crippen molar-refractivity contribution in [1.82, 2.24) is 15.5 Å². The molecule has 0 saturated carbocycles. The number of ether oxygens (including phenoxy) is 2. The first kappa shape index (κ1) is 41.8. The molecule has 4 rings (SSSR count). The molecule has 0 heterocycles. The van der Waals surface area contributed by atoms with Crippen molar-refractivity contribution in [3.05, 3.63) is 131 Å². The number of nitrogens with one attached hydrogen (secondary N) is 3. The molecular formula is C42H54N8O5. The molecule has 0 spiro atoms. The number of hydrogen-bond acceptors (Lipinski definition) is 8. The van der Waals surface area contributed by atoms with Gasteiger partial charge < -0.3 is 47.9 Å². The van der Waals surface area contributed by atoms with Gasteiger partial charge in [-0.05, 0) is 85.2 Å². The molecule has 4 aromatic rings. The van der Waals surface area contributed by atoms with Gasteiger partial charge in [0.05, 0.1) is 20.3 Å². The molecular weight excluding hydrogens is 697 g/mol. The van der Waals surface area contributed by atoms with Gasteiger partial charge in [-0.2, -0.15) is 0 Å². The molecule has 292 valence electrons. The van der Waals surface area contributed by atoms with Crippen molar-refractivity contribution in [2.24, 2.45) is 22.9 Å². The first-order valence-corrected chi connectivity index (χ1v) is 18.4. The van der Waals surface area contributed by atoms with Crippen LogP contribution in [0.15, 0.2) is 109 Å². The van der Waals surface area contributed by atoms with Crippen LogP contribution in [0, 0.1) is 5.41 Å². The van der Waals surface area contributed by atoms with Crippen LogP contribution >= 0.6 is 0 Å². The second-order valence-electron chi connectivity index (χ2n) is 13.3. The lowest BCUT2D eigenvalue weighted by molar-refractivity contribution is -0.147. The standard InChI is InChI=1S/C42H54N8O5/c1-54-33-22-18-31(19-23-33)42(30-14-7-4-8-15-30,32-20-24-34(55-2)25-21-32)50(40(53)35(44)16-11-27-48-41(46)47)37(17-9-10-26-43)39(52)49-36(38(45)51)28-29-12-5-3-6-13-29/h3-8,12-15,18-25,35-37H,9-11,16-17,26-28,43-44H2,1-2H3,(H2,45,51)(H,49,52)(H4,46,47,48)/t35-,36-,37-/m0/s1. The predicted octanol–water partition coefficient (Wildman–Crippen LogP) is 3.13. The van der Waals surface area contributed by atoms with Crippen LogP contribution in [0.5, 0.6) is 11.5 Å². The molecule has 0 bridgehead atoms. The normalized spacial score (nSPS) is 12.8. The molecule has 3 atom stereocenters. The average molecular weight is 751 g/mol. The largest absolute Gasteiger partial charge is 0.497 e. The Bertz CT molecular complexity index is 1780. The Labute approximate surface area is 323 Å². The third-order valence-corrected chi connectivity index (χ3v) is 9.62. The number of carbonyl (C=O) groups excluding carboxylic acids is 3. The second kappa shape index (κ2) is 20.5. The van der Waals surface area contributed by atoms with Crippen molar-refractivity contribution < 1.29 is 23.9 Å². The maximum absolute atomic E-state index is 15.4. The molecule has 0 aliphatic heterocycles. The van der Waals surface area contributed by atoms with Crippen molar-refractivity contribution >= 4 is 23.7 Å². The summed E-state index contributed by atoms with van der Waals surface area (Å²) < 4.78 is 11.1. The third kappa shape index (κ3) is 10.6. The summed E-state index contributed by atoms with van der Waals surface area (Å²) in [6.45, 7) is 0.681. The Balaban J connectivity index is 2.03. The van der Waals surface area contributed by atoms with Crippen molar-refractivity contribution in [3.63, 3.8) is 0 Å². The van der Waals surface area contributed by atoms with E-state index in [0.29, 0.717) is 60.5 Å². The van der Waals surface area contributed by atoms with Crippen molar-refractivity contribution in [3.8, 4) is 11.5 Å². The van der Waals surface area contributed by atoms with Crippen LogP contribution in [0.2, 0.25) is 0 Å². The lowest BCUT2D eigenvalue weighted by atomic mass is 9.73. The molecule has 0 aliphatic carbocycles. The highest BCUT2D eigenvalue weighted by Gasteiger charge is 2.50. The lowest BCUT2D eigenvalue weighted by Crippen LogP contribution is -2.64. The highest BCUT2D eigenvalue weighted by Crippen LogP contribution is 2.45. The number of nitrogens with two attached hydrogens (primary N) is 4. The van der Waals surface area contributed by atoms with Crippen LogP contribution < -0.4 is 43.0 Å². The van der Waals surface area contributed by atoms with Crippen LogP contribution in [-0.4, -0.2) is 74.0 Å². The van der Waals surface area contributed by atoms with Gasteiger partial charge in [-0.3, -0.25) is 19.8 Å². The third-order valence-electron chi connectivity index (χ3n) is 9.62. The molecule has 13 nitrogen and oxygen atoms in total. The van der Waals surface area contributed by atoms with E-state index in [-0.39, 0.29) is 25.2 Å². The number of methoxy groups -OCH3 is 2. The molecule has 3 amide bonds. The van der Waals surface area contributed by atoms with Crippen LogP contribution in [0.4, 0.5) is 0 Å². The Morgan fingerprint density at radius 1 is 0.745 bits per heavy atom. The minimum atomic E-state index is -1.47. The minimum absolute atomic E-state index is 0.148. The van der Waals surface area contributed by atoms with Gasteiger partial charge in [-0.25, -0.2) is 0 Å². The van der Waals surface area contributed by atoms with Gasteiger partial charge >= 0.3 is 0 Å². The summed E-state index contributed by atoms with van der Waals surface area (Å²) in [6, 6.07) is 30.1. The minimum Gasteiger partial charge on any atom is -0.497 e. The maximum atomic E-state index is 15.4. The number of amides is 3. The number of carbonyl (C=O) groups is 3. The Kier molecular flexibility index (Phi) is 15.6. The highest BCUT2D eigenvalue weighted by molar-refractivity contribution is 5.94. The quantitative estimate of drug-likeness (QED) is 0.0287. The van der Waals surface area contributed by atoms with E-state index in [1.54, 1.807) is 43.4 Å². The summed E-state index contributed by atoms with van der Waals surface area (Å²) in [5.74, 6) is -0.807. The SMILES string of the molecule is COc1ccc(C(c2ccccc2)(c2ccc(OC)cc2)N(C(=O)[C@@H](N)CCCNC(=N)N)[C@@H](CCCCN)C(=O)N[C@@H](Cc2ccccc2)C(N)=O)cc1. The van der Waals surface area contributed by atoms with Crippen molar-refractivity contribution in [2.45, 2.75) is 62.2 Å².